The molecular weight excluding hydrogens is 150 g/mol. The molecule has 61 valence electrons. The Morgan fingerprint density at radius 3 is 3.25 bits per heavy atom. The van der Waals surface area contributed by atoms with Crippen LogP contribution < -0.4 is 0 Å². The van der Waals surface area contributed by atoms with Crippen molar-refractivity contribution in [2.24, 2.45) is 0 Å². The van der Waals surface area contributed by atoms with Gasteiger partial charge in [-0.05, 0) is 29.7 Å². The van der Waals surface area contributed by atoms with E-state index in [2.05, 4.69) is 12.1 Å². The van der Waals surface area contributed by atoms with Gasteiger partial charge in [0.2, 0.25) is 6.41 Å². The van der Waals surface area contributed by atoms with Gasteiger partial charge in [0.15, 0.2) is 0 Å². The van der Waals surface area contributed by atoms with Gasteiger partial charge in [0.05, 0.1) is 0 Å². The molecule has 1 aromatic carbocycles. The largest absolute Gasteiger partial charge is 0.341 e. The van der Waals surface area contributed by atoms with Crippen LogP contribution >= 0.6 is 0 Å². The highest BCUT2D eigenvalue weighted by Crippen LogP contribution is 2.16. The molecule has 0 unspecified atom stereocenters. The molecule has 1 aliphatic rings. The number of hydrogen-bond acceptors (Lipinski definition) is 1. The van der Waals surface area contributed by atoms with E-state index in [0.717, 1.165) is 25.9 Å². The van der Waals surface area contributed by atoms with E-state index in [-0.39, 0.29) is 0 Å². The number of nitrogens with zero attached hydrogens (tertiary/aromatic N) is 1. The normalized spacial score (nSPS) is 15.5. The summed E-state index contributed by atoms with van der Waals surface area (Å²) < 4.78 is 0. The van der Waals surface area contributed by atoms with E-state index in [1.807, 2.05) is 12.1 Å². The monoisotopic (exact) mass is 160 g/mol. The first kappa shape index (κ1) is 7.35. The van der Waals surface area contributed by atoms with E-state index in [1.165, 1.54) is 11.1 Å². The van der Waals surface area contributed by atoms with Crippen LogP contribution in [0.15, 0.2) is 18.2 Å². The molecule has 1 amide bonds. The summed E-state index contributed by atoms with van der Waals surface area (Å²) >= 11 is 0. The maximum atomic E-state index is 10.5. The van der Waals surface area contributed by atoms with Crippen molar-refractivity contribution in [2.75, 3.05) is 6.54 Å². The van der Waals surface area contributed by atoms with Crippen molar-refractivity contribution in [1.29, 1.82) is 0 Å². The van der Waals surface area contributed by atoms with E-state index >= 15 is 0 Å². The van der Waals surface area contributed by atoms with Gasteiger partial charge in [0.1, 0.15) is 0 Å². The van der Waals surface area contributed by atoms with Gasteiger partial charge < -0.3 is 4.90 Å². The number of benzene rings is 1. The van der Waals surface area contributed by atoms with Gasteiger partial charge in [0, 0.05) is 13.1 Å². The Morgan fingerprint density at radius 1 is 1.50 bits per heavy atom. The molecule has 0 N–H and O–H groups in total. The van der Waals surface area contributed by atoms with Crippen LogP contribution in [0.5, 0.6) is 0 Å². The highest BCUT2D eigenvalue weighted by molar-refractivity contribution is 5.49. The van der Waals surface area contributed by atoms with Crippen molar-refractivity contribution >= 4 is 6.41 Å². The van der Waals surface area contributed by atoms with Crippen LogP contribution in [0.25, 0.3) is 0 Å². The smallest absolute Gasteiger partial charge is 0.210 e. The van der Waals surface area contributed by atoms with Crippen molar-refractivity contribution < 1.29 is 4.79 Å². The van der Waals surface area contributed by atoms with Crippen LogP contribution in [-0.4, -0.2) is 17.9 Å². The van der Waals surface area contributed by atoms with Crippen molar-refractivity contribution in [1.82, 2.24) is 4.90 Å². The SMILES string of the molecule is O=CN1CCc2cc[c]cc2C1. The zero-order chi connectivity index (χ0) is 8.39. The van der Waals surface area contributed by atoms with Crippen LogP contribution in [0.3, 0.4) is 0 Å². The standard InChI is InChI=1S/C10H10NO/c12-8-11-6-5-9-3-1-2-4-10(9)7-11/h1,3-4,8H,5-7H2. The Bertz CT molecular complexity index is 296. The molecule has 0 saturated carbocycles. The fourth-order valence-corrected chi connectivity index (χ4v) is 1.54. The predicted octanol–water partition coefficient (Wildman–Crippen LogP) is 1.00. The number of amides is 1. The molecule has 2 heteroatoms. The topological polar surface area (TPSA) is 20.3 Å². The zero-order valence-electron chi connectivity index (χ0n) is 6.79. The summed E-state index contributed by atoms with van der Waals surface area (Å²) in [5.41, 5.74) is 2.59. The van der Waals surface area contributed by atoms with Crippen LogP contribution in [-0.2, 0) is 17.8 Å². The minimum Gasteiger partial charge on any atom is -0.341 e. The highest BCUT2D eigenvalue weighted by atomic mass is 16.1. The van der Waals surface area contributed by atoms with Gasteiger partial charge in [-0.3, -0.25) is 4.79 Å². The molecule has 2 rings (SSSR count). The second-order valence-electron chi connectivity index (χ2n) is 3.02. The fraction of sp³-hybridized carbons (Fsp3) is 0.300. The first-order valence-corrected chi connectivity index (χ1v) is 4.07. The third kappa shape index (κ3) is 1.20. The van der Waals surface area contributed by atoms with E-state index in [4.69, 9.17) is 0 Å². The Hall–Kier alpha value is -1.31. The first-order valence-electron chi connectivity index (χ1n) is 4.07. The zero-order valence-corrected chi connectivity index (χ0v) is 6.79. The first-order chi connectivity index (χ1) is 5.90. The molecule has 0 bridgehead atoms. The third-order valence-corrected chi connectivity index (χ3v) is 2.24. The maximum Gasteiger partial charge on any atom is 0.210 e. The minimum absolute atomic E-state index is 0.746. The molecule has 0 fully saturated rings. The van der Waals surface area contributed by atoms with Crippen LogP contribution in [0.1, 0.15) is 11.1 Å². The van der Waals surface area contributed by atoms with Crippen molar-refractivity contribution in [3.8, 4) is 0 Å². The van der Waals surface area contributed by atoms with Gasteiger partial charge >= 0.3 is 0 Å². The number of carbonyl (C=O) groups is 1. The summed E-state index contributed by atoms with van der Waals surface area (Å²) in [7, 11) is 0. The molecule has 0 atom stereocenters. The summed E-state index contributed by atoms with van der Waals surface area (Å²) in [6.07, 6.45) is 1.89. The quantitative estimate of drug-likeness (QED) is 0.561. The third-order valence-electron chi connectivity index (χ3n) is 2.24. The molecule has 12 heavy (non-hydrogen) atoms. The molecule has 1 heterocycles. The lowest BCUT2D eigenvalue weighted by Gasteiger charge is -2.24. The average molecular weight is 160 g/mol. The minimum atomic E-state index is 0.746. The van der Waals surface area contributed by atoms with E-state index in [0.29, 0.717) is 0 Å². The molecule has 1 radical (unpaired) electrons. The summed E-state index contributed by atoms with van der Waals surface area (Å²) in [4.78, 5) is 12.3. The summed E-state index contributed by atoms with van der Waals surface area (Å²) in [5.74, 6) is 0. The number of rotatable bonds is 1. The second kappa shape index (κ2) is 2.97. The van der Waals surface area contributed by atoms with E-state index in [9.17, 15) is 4.79 Å². The van der Waals surface area contributed by atoms with Crippen LogP contribution in [0.4, 0.5) is 0 Å². The van der Waals surface area contributed by atoms with Crippen LogP contribution in [0.2, 0.25) is 0 Å². The lowest BCUT2D eigenvalue weighted by atomic mass is 10.0. The maximum absolute atomic E-state index is 10.5. The number of fused-ring (bicyclic) bond motifs is 1. The Balaban J connectivity index is 2.28. The summed E-state index contributed by atoms with van der Waals surface area (Å²) in [6, 6.07) is 8.99. The second-order valence-corrected chi connectivity index (χ2v) is 3.02. The molecule has 0 spiro atoms. The predicted molar refractivity (Wildman–Crippen MR) is 45.5 cm³/mol. The van der Waals surface area contributed by atoms with Crippen LogP contribution in [0, 0.1) is 6.07 Å². The average Bonchev–Trinajstić information content (AvgIpc) is 2.17. The van der Waals surface area contributed by atoms with Crippen molar-refractivity contribution in [2.45, 2.75) is 13.0 Å². The summed E-state index contributed by atoms with van der Waals surface area (Å²) in [6.45, 7) is 1.59. The molecular formula is C10H10NO. The molecule has 1 aliphatic heterocycles. The number of carbonyl (C=O) groups excluding carboxylic acids is 1. The summed E-state index contributed by atoms with van der Waals surface area (Å²) in [5, 5.41) is 0. The van der Waals surface area contributed by atoms with Crippen molar-refractivity contribution in [3.63, 3.8) is 0 Å². The Labute approximate surface area is 71.8 Å². The number of hydrogen-bond donors (Lipinski definition) is 0. The fourth-order valence-electron chi connectivity index (χ4n) is 1.54. The molecule has 2 nitrogen and oxygen atoms in total. The molecule has 0 aromatic heterocycles. The van der Waals surface area contributed by atoms with Gasteiger partial charge in [0.25, 0.3) is 0 Å². The highest BCUT2D eigenvalue weighted by Gasteiger charge is 2.12. The molecule has 1 aromatic rings. The van der Waals surface area contributed by atoms with Gasteiger partial charge in [-0.25, -0.2) is 0 Å². The lowest BCUT2D eigenvalue weighted by Crippen LogP contribution is -2.28. The molecule has 0 saturated heterocycles. The van der Waals surface area contributed by atoms with Crippen molar-refractivity contribution in [3.05, 3.63) is 35.4 Å². The van der Waals surface area contributed by atoms with Gasteiger partial charge in [-0.1, -0.05) is 12.1 Å². The molecule has 0 aliphatic carbocycles. The van der Waals surface area contributed by atoms with E-state index < -0.39 is 0 Å². The van der Waals surface area contributed by atoms with Gasteiger partial charge in [-0.15, -0.1) is 0 Å². The lowest BCUT2D eigenvalue weighted by molar-refractivity contribution is -0.118. The Morgan fingerprint density at radius 2 is 2.42 bits per heavy atom. The van der Waals surface area contributed by atoms with E-state index in [1.54, 1.807) is 4.90 Å². The van der Waals surface area contributed by atoms with Gasteiger partial charge in [-0.2, -0.15) is 0 Å². The Kier molecular flexibility index (Phi) is 1.82.